The molecule has 1 atom stereocenters. The van der Waals surface area contributed by atoms with Gasteiger partial charge in [-0.2, -0.15) is 4.98 Å². The van der Waals surface area contributed by atoms with E-state index in [2.05, 4.69) is 22.0 Å². The predicted molar refractivity (Wildman–Crippen MR) is 115 cm³/mol. The van der Waals surface area contributed by atoms with Crippen molar-refractivity contribution in [2.24, 2.45) is 0 Å². The summed E-state index contributed by atoms with van der Waals surface area (Å²) in [6.45, 7) is 7.41. The van der Waals surface area contributed by atoms with E-state index < -0.39 is 0 Å². The number of piperazine rings is 1. The van der Waals surface area contributed by atoms with Crippen molar-refractivity contribution < 1.29 is 14.1 Å². The Hall–Kier alpha value is -2.74. The van der Waals surface area contributed by atoms with E-state index >= 15 is 0 Å². The summed E-state index contributed by atoms with van der Waals surface area (Å²) in [5.41, 5.74) is 0.669. The molecule has 166 valence electrons. The van der Waals surface area contributed by atoms with Crippen LogP contribution in [0.3, 0.4) is 0 Å². The summed E-state index contributed by atoms with van der Waals surface area (Å²) in [7, 11) is 0. The first-order chi connectivity index (χ1) is 15.2. The molecule has 4 rings (SSSR count). The van der Waals surface area contributed by atoms with Crippen LogP contribution in [-0.2, 0) is 11.2 Å². The fraction of sp³-hybridized carbons (Fsp3) is 0.565. The molecule has 2 saturated heterocycles. The van der Waals surface area contributed by atoms with E-state index in [0.29, 0.717) is 36.7 Å². The Morgan fingerprint density at radius 2 is 1.87 bits per heavy atom. The summed E-state index contributed by atoms with van der Waals surface area (Å²) in [5.74, 6) is 1.13. The van der Waals surface area contributed by atoms with Gasteiger partial charge in [-0.1, -0.05) is 30.3 Å². The van der Waals surface area contributed by atoms with Crippen molar-refractivity contribution in [3.8, 4) is 0 Å². The zero-order chi connectivity index (χ0) is 21.6. The standard InChI is InChI=1S/C23H31N5O3/c1-2-12-26-14-16-27(17-15-26)21(29)11-10-20-24-22(25-31-20)19-9-6-13-28(19)23(30)18-7-4-3-5-8-18/h3-5,7-8,19H,2,6,9-17H2,1H3. The van der Waals surface area contributed by atoms with Gasteiger partial charge in [-0.15, -0.1) is 0 Å². The second kappa shape index (κ2) is 10.0. The third-order valence-corrected chi connectivity index (χ3v) is 6.13. The van der Waals surface area contributed by atoms with Gasteiger partial charge in [-0.25, -0.2) is 0 Å². The molecule has 0 radical (unpaired) electrons. The minimum atomic E-state index is -0.174. The first-order valence-electron chi connectivity index (χ1n) is 11.3. The molecule has 0 aliphatic carbocycles. The van der Waals surface area contributed by atoms with Gasteiger partial charge in [0.1, 0.15) is 0 Å². The van der Waals surface area contributed by atoms with Crippen molar-refractivity contribution >= 4 is 11.8 Å². The maximum atomic E-state index is 12.9. The van der Waals surface area contributed by atoms with Crippen LogP contribution in [0.25, 0.3) is 0 Å². The Labute approximate surface area is 183 Å². The zero-order valence-corrected chi connectivity index (χ0v) is 18.2. The highest BCUT2D eigenvalue weighted by Crippen LogP contribution is 2.31. The van der Waals surface area contributed by atoms with E-state index in [1.54, 1.807) is 0 Å². The van der Waals surface area contributed by atoms with Gasteiger partial charge >= 0.3 is 0 Å². The van der Waals surface area contributed by atoms with Gasteiger partial charge in [0, 0.05) is 51.1 Å². The third kappa shape index (κ3) is 5.12. The fourth-order valence-corrected chi connectivity index (χ4v) is 4.44. The van der Waals surface area contributed by atoms with Crippen LogP contribution in [0.5, 0.6) is 0 Å². The molecule has 0 spiro atoms. The first-order valence-corrected chi connectivity index (χ1v) is 11.3. The number of rotatable bonds is 7. The van der Waals surface area contributed by atoms with E-state index in [4.69, 9.17) is 4.52 Å². The van der Waals surface area contributed by atoms with Crippen LogP contribution in [0.4, 0.5) is 0 Å². The van der Waals surface area contributed by atoms with Gasteiger partial charge in [0.2, 0.25) is 11.8 Å². The van der Waals surface area contributed by atoms with E-state index in [0.717, 1.165) is 52.0 Å². The number of hydrogen-bond donors (Lipinski definition) is 0. The fourth-order valence-electron chi connectivity index (χ4n) is 4.44. The summed E-state index contributed by atoms with van der Waals surface area (Å²) in [4.78, 5) is 36.1. The Morgan fingerprint density at radius 1 is 1.10 bits per heavy atom. The second-order valence-electron chi connectivity index (χ2n) is 8.29. The number of aromatic nitrogens is 2. The second-order valence-corrected chi connectivity index (χ2v) is 8.29. The quantitative estimate of drug-likeness (QED) is 0.678. The first kappa shape index (κ1) is 21.5. The molecular weight excluding hydrogens is 394 g/mol. The number of aryl methyl sites for hydroxylation is 1. The molecule has 0 bridgehead atoms. The molecule has 1 unspecified atom stereocenters. The molecule has 2 aliphatic rings. The molecule has 2 amide bonds. The molecule has 2 aromatic rings. The number of nitrogens with zero attached hydrogens (tertiary/aromatic N) is 5. The van der Waals surface area contributed by atoms with E-state index in [9.17, 15) is 9.59 Å². The molecule has 0 N–H and O–H groups in total. The number of carbonyl (C=O) groups excluding carboxylic acids is 2. The lowest BCUT2D eigenvalue weighted by molar-refractivity contribution is -0.133. The maximum Gasteiger partial charge on any atom is 0.254 e. The van der Waals surface area contributed by atoms with Crippen molar-refractivity contribution in [3.63, 3.8) is 0 Å². The largest absolute Gasteiger partial charge is 0.340 e. The Balaban J connectivity index is 1.31. The third-order valence-electron chi connectivity index (χ3n) is 6.13. The Kier molecular flexibility index (Phi) is 6.96. The van der Waals surface area contributed by atoms with Crippen LogP contribution in [0.15, 0.2) is 34.9 Å². The van der Waals surface area contributed by atoms with Gasteiger partial charge in [0.05, 0.1) is 6.04 Å². The monoisotopic (exact) mass is 425 g/mol. The smallest absolute Gasteiger partial charge is 0.254 e. The van der Waals surface area contributed by atoms with Gasteiger partial charge in [0.25, 0.3) is 5.91 Å². The number of hydrogen-bond acceptors (Lipinski definition) is 6. The highest BCUT2D eigenvalue weighted by Gasteiger charge is 2.34. The molecular formula is C23H31N5O3. The molecule has 31 heavy (non-hydrogen) atoms. The van der Waals surface area contributed by atoms with Crippen LogP contribution in [0, 0.1) is 0 Å². The zero-order valence-electron chi connectivity index (χ0n) is 18.2. The molecule has 2 aliphatic heterocycles. The van der Waals surface area contributed by atoms with Crippen molar-refractivity contribution in [1.82, 2.24) is 24.8 Å². The number of amides is 2. The SMILES string of the molecule is CCCN1CCN(C(=O)CCc2nc(C3CCCN3C(=O)c3ccccc3)no2)CC1. The van der Waals surface area contributed by atoms with Gasteiger partial charge < -0.3 is 14.3 Å². The molecule has 0 saturated carbocycles. The number of carbonyl (C=O) groups is 2. The molecule has 1 aromatic heterocycles. The van der Waals surface area contributed by atoms with Gasteiger partial charge in [0.15, 0.2) is 5.82 Å². The maximum absolute atomic E-state index is 12.9. The van der Waals surface area contributed by atoms with Gasteiger partial charge in [-0.05, 0) is 37.9 Å². The molecule has 2 fully saturated rings. The lowest BCUT2D eigenvalue weighted by Gasteiger charge is -2.34. The lowest BCUT2D eigenvalue weighted by Crippen LogP contribution is -2.48. The summed E-state index contributed by atoms with van der Waals surface area (Å²) in [5, 5.41) is 4.13. The summed E-state index contributed by atoms with van der Waals surface area (Å²) >= 11 is 0. The summed E-state index contributed by atoms with van der Waals surface area (Å²) < 4.78 is 5.42. The summed E-state index contributed by atoms with van der Waals surface area (Å²) in [6.07, 6.45) is 3.67. The average molecular weight is 426 g/mol. The van der Waals surface area contributed by atoms with Gasteiger partial charge in [-0.3, -0.25) is 14.5 Å². The Bertz CT molecular complexity index is 876. The van der Waals surface area contributed by atoms with Crippen molar-refractivity contribution in [2.45, 2.75) is 45.1 Å². The van der Waals surface area contributed by atoms with Crippen LogP contribution in [0.1, 0.15) is 60.7 Å². The molecule has 1 aromatic carbocycles. The Morgan fingerprint density at radius 3 is 2.61 bits per heavy atom. The topological polar surface area (TPSA) is 82.8 Å². The van der Waals surface area contributed by atoms with E-state index in [-0.39, 0.29) is 17.9 Å². The van der Waals surface area contributed by atoms with Crippen LogP contribution in [-0.4, -0.2) is 75.9 Å². The highest BCUT2D eigenvalue weighted by molar-refractivity contribution is 5.94. The lowest BCUT2D eigenvalue weighted by atomic mass is 10.1. The van der Waals surface area contributed by atoms with E-state index in [1.165, 1.54) is 0 Å². The van der Waals surface area contributed by atoms with Crippen molar-refractivity contribution in [2.75, 3.05) is 39.3 Å². The normalized spacial score (nSPS) is 19.7. The summed E-state index contributed by atoms with van der Waals surface area (Å²) in [6, 6.07) is 9.11. The minimum absolute atomic E-state index is 0.00755. The van der Waals surface area contributed by atoms with Crippen LogP contribution in [0.2, 0.25) is 0 Å². The number of benzene rings is 1. The highest BCUT2D eigenvalue weighted by atomic mass is 16.5. The van der Waals surface area contributed by atoms with Crippen LogP contribution < -0.4 is 0 Å². The number of likely N-dealkylation sites (tertiary alicyclic amines) is 1. The molecule has 8 heteroatoms. The van der Waals surface area contributed by atoms with Crippen LogP contribution >= 0.6 is 0 Å². The predicted octanol–water partition coefficient (Wildman–Crippen LogP) is 2.53. The molecule has 8 nitrogen and oxygen atoms in total. The minimum Gasteiger partial charge on any atom is -0.340 e. The van der Waals surface area contributed by atoms with E-state index in [1.807, 2.05) is 40.1 Å². The van der Waals surface area contributed by atoms with Crippen molar-refractivity contribution in [1.29, 1.82) is 0 Å². The average Bonchev–Trinajstić information content (AvgIpc) is 3.48. The molecule has 3 heterocycles. The van der Waals surface area contributed by atoms with Crippen molar-refractivity contribution in [3.05, 3.63) is 47.6 Å².